The van der Waals surface area contributed by atoms with Gasteiger partial charge in [0.2, 0.25) is 5.91 Å². The molecule has 1 amide bonds. The second-order valence-corrected chi connectivity index (χ2v) is 6.95. The Kier molecular flexibility index (Phi) is 7.35. The molecule has 0 aliphatic heterocycles. The summed E-state index contributed by atoms with van der Waals surface area (Å²) in [5, 5.41) is 9.04. The predicted molar refractivity (Wildman–Crippen MR) is 96.8 cm³/mol. The highest BCUT2D eigenvalue weighted by molar-refractivity contribution is 9.10. The molecule has 1 aromatic rings. The van der Waals surface area contributed by atoms with Crippen LogP contribution in [0, 0.1) is 0 Å². The highest BCUT2D eigenvalue weighted by Gasteiger charge is 2.13. The number of carbonyl (C=O) groups is 1. The Bertz CT molecular complexity index is 568. The second-order valence-electron chi connectivity index (χ2n) is 6.03. The number of guanidine groups is 1. The first kappa shape index (κ1) is 19.3. The number of methoxy groups -OCH3 is 1. The number of carbonyl (C=O) groups excluding carboxylic acids is 1. The van der Waals surface area contributed by atoms with Crippen molar-refractivity contribution in [2.24, 2.45) is 4.99 Å². The van der Waals surface area contributed by atoms with Crippen LogP contribution in [0.2, 0.25) is 0 Å². The van der Waals surface area contributed by atoms with Crippen LogP contribution in [0.3, 0.4) is 0 Å². The number of amides is 1. The number of benzene rings is 1. The maximum absolute atomic E-state index is 11.8. The maximum Gasteiger partial charge on any atom is 0.239 e. The molecule has 0 fully saturated rings. The zero-order valence-corrected chi connectivity index (χ0v) is 15.9. The van der Waals surface area contributed by atoms with Gasteiger partial charge in [-0.15, -0.1) is 0 Å². The molecule has 6 nitrogen and oxygen atoms in total. The van der Waals surface area contributed by atoms with E-state index < -0.39 is 0 Å². The Morgan fingerprint density at radius 1 is 1.30 bits per heavy atom. The molecule has 7 heteroatoms. The van der Waals surface area contributed by atoms with Gasteiger partial charge in [-0.2, -0.15) is 0 Å². The molecule has 0 bridgehead atoms. The molecular formula is C16H25BrN4O2. The highest BCUT2D eigenvalue weighted by Crippen LogP contribution is 2.22. The molecule has 0 aliphatic rings. The van der Waals surface area contributed by atoms with Gasteiger partial charge in [0, 0.05) is 29.2 Å². The minimum absolute atomic E-state index is 0.0829. The summed E-state index contributed by atoms with van der Waals surface area (Å²) in [5.41, 5.74) is 0.739. The van der Waals surface area contributed by atoms with Crippen LogP contribution in [-0.2, 0) is 11.3 Å². The molecule has 0 saturated heterocycles. The lowest BCUT2D eigenvalue weighted by molar-refractivity contribution is -0.121. The lowest BCUT2D eigenvalue weighted by Gasteiger charge is -2.21. The van der Waals surface area contributed by atoms with E-state index in [1.165, 1.54) is 0 Å². The van der Waals surface area contributed by atoms with E-state index in [-0.39, 0.29) is 18.0 Å². The fourth-order valence-corrected chi connectivity index (χ4v) is 2.32. The molecule has 0 aromatic heterocycles. The van der Waals surface area contributed by atoms with Crippen molar-refractivity contribution < 1.29 is 9.53 Å². The quantitative estimate of drug-likeness (QED) is 0.536. The number of halogens is 1. The molecule has 0 spiro atoms. The van der Waals surface area contributed by atoms with E-state index >= 15 is 0 Å². The van der Waals surface area contributed by atoms with Crippen molar-refractivity contribution in [1.29, 1.82) is 0 Å². The van der Waals surface area contributed by atoms with Gasteiger partial charge in [-0.1, -0.05) is 15.9 Å². The largest absolute Gasteiger partial charge is 0.496 e. The van der Waals surface area contributed by atoms with Gasteiger partial charge in [0.1, 0.15) is 5.75 Å². The summed E-state index contributed by atoms with van der Waals surface area (Å²) in [6.07, 6.45) is 0. The normalized spacial score (nSPS) is 11.8. The van der Waals surface area contributed by atoms with Gasteiger partial charge in [-0.05, 0) is 39.0 Å². The Morgan fingerprint density at radius 3 is 2.57 bits per heavy atom. The number of ether oxygens (including phenoxy) is 1. The standard InChI is InChI=1S/C16H25BrN4O2/c1-16(2,3)21-14(22)10-20-15(18-4)19-9-11-8-12(17)6-7-13(11)23-5/h6-8H,9-10H2,1-5H3,(H,21,22)(H2,18,19,20). The van der Waals surface area contributed by atoms with E-state index in [0.717, 1.165) is 15.8 Å². The molecule has 1 aromatic carbocycles. The topological polar surface area (TPSA) is 74.8 Å². The van der Waals surface area contributed by atoms with Crippen molar-refractivity contribution in [3.63, 3.8) is 0 Å². The number of nitrogens with zero attached hydrogens (tertiary/aromatic N) is 1. The van der Waals surface area contributed by atoms with Gasteiger partial charge in [0.15, 0.2) is 5.96 Å². The van der Waals surface area contributed by atoms with Gasteiger partial charge in [-0.3, -0.25) is 9.79 Å². The van der Waals surface area contributed by atoms with Gasteiger partial charge >= 0.3 is 0 Å². The zero-order valence-electron chi connectivity index (χ0n) is 14.3. The Hall–Kier alpha value is -1.76. The van der Waals surface area contributed by atoms with Gasteiger partial charge in [0.25, 0.3) is 0 Å². The second kappa shape index (κ2) is 8.76. The van der Waals surface area contributed by atoms with Crippen LogP contribution in [0.1, 0.15) is 26.3 Å². The fourth-order valence-electron chi connectivity index (χ4n) is 1.91. The number of hydrogen-bond donors (Lipinski definition) is 3. The minimum atomic E-state index is -0.251. The summed E-state index contributed by atoms with van der Waals surface area (Å²) in [6.45, 7) is 6.52. The van der Waals surface area contributed by atoms with Crippen LogP contribution in [0.5, 0.6) is 5.75 Å². The van der Waals surface area contributed by atoms with E-state index in [9.17, 15) is 4.79 Å². The first-order valence-electron chi connectivity index (χ1n) is 7.33. The van der Waals surface area contributed by atoms with E-state index in [0.29, 0.717) is 12.5 Å². The maximum atomic E-state index is 11.8. The summed E-state index contributed by atoms with van der Waals surface area (Å²) in [6, 6.07) is 5.80. The van der Waals surface area contributed by atoms with Crippen molar-refractivity contribution in [3.05, 3.63) is 28.2 Å². The van der Waals surface area contributed by atoms with E-state index in [1.807, 2.05) is 39.0 Å². The predicted octanol–water partition coefficient (Wildman–Crippen LogP) is 2.04. The zero-order chi connectivity index (χ0) is 17.5. The number of aliphatic imine (C=N–C) groups is 1. The first-order valence-corrected chi connectivity index (χ1v) is 8.12. The van der Waals surface area contributed by atoms with Crippen LogP contribution in [0.25, 0.3) is 0 Å². The molecule has 3 N–H and O–H groups in total. The molecule has 1 rings (SSSR count). The smallest absolute Gasteiger partial charge is 0.239 e. The molecule has 0 atom stereocenters. The summed E-state index contributed by atoms with van der Waals surface area (Å²) < 4.78 is 6.31. The van der Waals surface area contributed by atoms with E-state index in [2.05, 4.69) is 36.9 Å². The first-order chi connectivity index (χ1) is 10.7. The lowest BCUT2D eigenvalue weighted by atomic mass is 10.1. The monoisotopic (exact) mass is 384 g/mol. The third kappa shape index (κ3) is 7.36. The van der Waals surface area contributed by atoms with Gasteiger partial charge < -0.3 is 20.7 Å². The number of nitrogens with one attached hydrogen (secondary N) is 3. The van der Waals surface area contributed by atoms with Crippen molar-refractivity contribution in [1.82, 2.24) is 16.0 Å². The van der Waals surface area contributed by atoms with Crippen molar-refractivity contribution >= 4 is 27.8 Å². The average molecular weight is 385 g/mol. The third-order valence-electron chi connectivity index (χ3n) is 2.84. The van der Waals surface area contributed by atoms with Gasteiger partial charge in [0.05, 0.1) is 13.7 Å². The van der Waals surface area contributed by atoms with Crippen molar-refractivity contribution in [3.8, 4) is 5.75 Å². The SMILES string of the molecule is CN=C(NCC(=O)NC(C)(C)C)NCc1cc(Br)ccc1OC. The summed E-state index contributed by atoms with van der Waals surface area (Å²) >= 11 is 3.45. The molecule has 0 radical (unpaired) electrons. The molecule has 23 heavy (non-hydrogen) atoms. The molecule has 0 heterocycles. The number of hydrogen-bond acceptors (Lipinski definition) is 3. The van der Waals surface area contributed by atoms with E-state index in [1.54, 1.807) is 14.2 Å². The highest BCUT2D eigenvalue weighted by atomic mass is 79.9. The van der Waals surface area contributed by atoms with Crippen LogP contribution in [0.15, 0.2) is 27.7 Å². The molecule has 128 valence electrons. The molecule has 0 saturated carbocycles. The molecule has 0 unspecified atom stereocenters. The Labute approximate surface area is 146 Å². The summed E-state index contributed by atoms with van der Waals surface area (Å²) in [5.74, 6) is 1.26. The molecular weight excluding hydrogens is 360 g/mol. The van der Waals surface area contributed by atoms with Crippen LogP contribution in [-0.4, -0.2) is 38.1 Å². The average Bonchev–Trinajstić information content (AvgIpc) is 2.45. The molecule has 0 aliphatic carbocycles. The lowest BCUT2D eigenvalue weighted by Crippen LogP contribution is -2.48. The van der Waals surface area contributed by atoms with Crippen LogP contribution < -0.4 is 20.7 Å². The van der Waals surface area contributed by atoms with Crippen molar-refractivity contribution in [2.75, 3.05) is 20.7 Å². The Balaban J connectivity index is 2.55. The van der Waals surface area contributed by atoms with E-state index in [4.69, 9.17) is 4.74 Å². The Morgan fingerprint density at radius 2 is 2.00 bits per heavy atom. The van der Waals surface area contributed by atoms with Crippen molar-refractivity contribution in [2.45, 2.75) is 32.9 Å². The summed E-state index contributed by atoms with van der Waals surface area (Å²) in [4.78, 5) is 15.9. The van der Waals surface area contributed by atoms with Gasteiger partial charge in [-0.25, -0.2) is 0 Å². The summed E-state index contributed by atoms with van der Waals surface area (Å²) in [7, 11) is 3.30. The third-order valence-corrected chi connectivity index (χ3v) is 3.34. The van der Waals surface area contributed by atoms with Crippen LogP contribution in [0.4, 0.5) is 0 Å². The number of rotatable bonds is 5. The van der Waals surface area contributed by atoms with Crippen LogP contribution >= 0.6 is 15.9 Å². The fraction of sp³-hybridized carbons (Fsp3) is 0.500. The minimum Gasteiger partial charge on any atom is -0.496 e.